The SMILES string of the molecule is Cc1nn(-c2ccc(Cl)cc2)c(C)c1CN1CCC(C(=O)O)C1. The Morgan fingerprint density at radius 1 is 1.35 bits per heavy atom. The highest BCUT2D eigenvalue weighted by molar-refractivity contribution is 6.30. The summed E-state index contributed by atoms with van der Waals surface area (Å²) in [6.45, 7) is 6.23. The Labute approximate surface area is 140 Å². The predicted octanol–water partition coefficient (Wildman–Crippen LogP) is 3.05. The third-order valence-electron chi connectivity index (χ3n) is 4.52. The van der Waals surface area contributed by atoms with Gasteiger partial charge in [0.15, 0.2) is 0 Å². The number of likely N-dealkylation sites (tertiary alicyclic amines) is 1. The number of carboxylic acid groups (broad SMARTS) is 1. The lowest BCUT2D eigenvalue weighted by Crippen LogP contribution is -2.23. The van der Waals surface area contributed by atoms with Crippen molar-refractivity contribution in [3.63, 3.8) is 0 Å². The lowest BCUT2D eigenvalue weighted by atomic mass is 10.1. The molecule has 6 heteroatoms. The van der Waals surface area contributed by atoms with Crippen LogP contribution in [-0.2, 0) is 11.3 Å². The van der Waals surface area contributed by atoms with E-state index in [4.69, 9.17) is 16.7 Å². The second-order valence-electron chi connectivity index (χ2n) is 6.10. The number of halogens is 1. The van der Waals surface area contributed by atoms with Crippen LogP contribution in [-0.4, -0.2) is 38.8 Å². The highest BCUT2D eigenvalue weighted by atomic mass is 35.5. The number of nitrogens with zero attached hydrogens (tertiary/aromatic N) is 3. The van der Waals surface area contributed by atoms with Crippen molar-refractivity contribution in [3.05, 3.63) is 46.2 Å². The summed E-state index contributed by atoms with van der Waals surface area (Å²) in [6.07, 6.45) is 0.721. The molecule has 122 valence electrons. The van der Waals surface area contributed by atoms with E-state index in [9.17, 15) is 4.79 Å². The third-order valence-corrected chi connectivity index (χ3v) is 4.77. The van der Waals surface area contributed by atoms with E-state index in [0.29, 0.717) is 11.6 Å². The molecule has 1 aliphatic rings. The van der Waals surface area contributed by atoms with Gasteiger partial charge in [0.05, 0.1) is 17.3 Å². The Bertz CT molecular complexity index is 724. The van der Waals surface area contributed by atoms with Crippen LogP contribution in [0.2, 0.25) is 5.02 Å². The summed E-state index contributed by atoms with van der Waals surface area (Å²) >= 11 is 5.94. The molecule has 3 rings (SSSR count). The van der Waals surface area contributed by atoms with E-state index < -0.39 is 5.97 Å². The molecule has 2 aromatic rings. The topological polar surface area (TPSA) is 58.4 Å². The van der Waals surface area contributed by atoms with Crippen molar-refractivity contribution in [2.24, 2.45) is 5.92 Å². The summed E-state index contributed by atoms with van der Waals surface area (Å²) in [5, 5.41) is 14.5. The van der Waals surface area contributed by atoms with Crippen LogP contribution in [0.5, 0.6) is 0 Å². The Kier molecular flexibility index (Phi) is 4.41. The molecule has 1 N–H and O–H groups in total. The van der Waals surface area contributed by atoms with Gasteiger partial charge in [0.1, 0.15) is 0 Å². The first-order valence-corrected chi connectivity index (χ1v) is 8.09. The second-order valence-corrected chi connectivity index (χ2v) is 6.53. The van der Waals surface area contributed by atoms with Gasteiger partial charge in [-0.2, -0.15) is 5.10 Å². The Balaban J connectivity index is 1.81. The highest BCUT2D eigenvalue weighted by Gasteiger charge is 2.29. The number of benzene rings is 1. The first-order chi connectivity index (χ1) is 11.0. The molecule has 0 spiro atoms. The number of rotatable bonds is 4. The van der Waals surface area contributed by atoms with Gasteiger partial charge in [-0.3, -0.25) is 9.69 Å². The smallest absolute Gasteiger partial charge is 0.307 e. The fraction of sp³-hybridized carbons (Fsp3) is 0.412. The lowest BCUT2D eigenvalue weighted by molar-refractivity contribution is -0.141. The van der Waals surface area contributed by atoms with Gasteiger partial charge in [-0.25, -0.2) is 4.68 Å². The van der Waals surface area contributed by atoms with Crippen molar-refractivity contribution < 1.29 is 9.90 Å². The standard InChI is InChI=1S/C17H20ClN3O2/c1-11-16(10-20-8-7-13(9-20)17(22)23)12(2)21(19-11)15-5-3-14(18)4-6-15/h3-6,13H,7-10H2,1-2H3,(H,22,23). The average molecular weight is 334 g/mol. The second kappa shape index (κ2) is 6.34. The van der Waals surface area contributed by atoms with Gasteiger partial charge in [-0.1, -0.05) is 11.6 Å². The van der Waals surface area contributed by atoms with Crippen molar-refractivity contribution in [2.45, 2.75) is 26.8 Å². The number of carboxylic acids is 1. The fourth-order valence-corrected chi connectivity index (χ4v) is 3.26. The molecular weight excluding hydrogens is 314 g/mol. The number of hydrogen-bond acceptors (Lipinski definition) is 3. The molecule has 5 nitrogen and oxygen atoms in total. The quantitative estimate of drug-likeness (QED) is 0.934. The van der Waals surface area contributed by atoms with Crippen LogP contribution in [0.25, 0.3) is 5.69 Å². The normalized spacial score (nSPS) is 18.5. The molecule has 1 saturated heterocycles. The van der Waals surface area contributed by atoms with Crippen LogP contribution >= 0.6 is 11.6 Å². The Hall–Kier alpha value is -1.85. The maximum atomic E-state index is 11.1. The van der Waals surface area contributed by atoms with Gasteiger partial charge in [0, 0.05) is 29.4 Å². The van der Waals surface area contributed by atoms with Crippen molar-refractivity contribution in [1.29, 1.82) is 0 Å². The number of hydrogen-bond donors (Lipinski definition) is 1. The van der Waals surface area contributed by atoms with Crippen molar-refractivity contribution in [1.82, 2.24) is 14.7 Å². The number of aromatic nitrogens is 2. The summed E-state index contributed by atoms with van der Waals surface area (Å²) in [5.41, 5.74) is 4.22. The molecule has 1 aromatic heterocycles. The van der Waals surface area contributed by atoms with Crippen LogP contribution in [0.3, 0.4) is 0 Å². The molecule has 23 heavy (non-hydrogen) atoms. The molecule has 0 bridgehead atoms. The minimum Gasteiger partial charge on any atom is -0.481 e. The van der Waals surface area contributed by atoms with Crippen molar-refractivity contribution in [3.8, 4) is 5.69 Å². The molecule has 1 fully saturated rings. The van der Waals surface area contributed by atoms with E-state index >= 15 is 0 Å². The van der Waals surface area contributed by atoms with Gasteiger partial charge >= 0.3 is 5.97 Å². The van der Waals surface area contributed by atoms with Gasteiger partial charge in [-0.05, 0) is 51.1 Å². The van der Waals surface area contributed by atoms with E-state index in [1.54, 1.807) is 0 Å². The summed E-state index contributed by atoms with van der Waals surface area (Å²) in [5.74, 6) is -0.945. The number of carbonyl (C=O) groups is 1. The molecule has 1 unspecified atom stereocenters. The van der Waals surface area contributed by atoms with E-state index in [1.165, 1.54) is 5.56 Å². The Morgan fingerprint density at radius 2 is 2.04 bits per heavy atom. The highest BCUT2D eigenvalue weighted by Crippen LogP contribution is 2.24. The molecule has 1 aromatic carbocycles. The van der Waals surface area contributed by atoms with Gasteiger partial charge in [-0.15, -0.1) is 0 Å². The molecule has 0 amide bonds. The maximum Gasteiger partial charge on any atom is 0.307 e. The molecule has 1 aliphatic heterocycles. The van der Waals surface area contributed by atoms with Crippen LogP contribution in [0.1, 0.15) is 23.4 Å². The van der Waals surface area contributed by atoms with Crippen molar-refractivity contribution in [2.75, 3.05) is 13.1 Å². The van der Waals surface area contributed by atoms with Crippen LogP contribution in [0, 0.1) is 19.8 Å². The van der Waals surface area contributed by atoms with E-state index in [2.05, 4.69) is 16.9 Å². The summed E-state index contributed by atoms with van der Waals surface area (Å²) in [4.78, 5) is 13.3. The van der Waals surface area contributed by atoms with Gasteiger partial charge in [0.25, 0.3) is 0 Å². The maximum absolute atomic E-state index is 11.1. The lowest BCUT2D eigenvalue weighted by Gasteiger charge is -2.15. The summed E-state index contributed by atoms with van der Waals surface area (Å²) in [7, 11) is 0. The zero-order valence-corrected chi connectivity index (χ0v) is 14.0. The number of aliphatic carboxylic acids is 1. The zero-order chi connectivity index (χ0) is 16.6. The molecular formula is C17H20ClN3O2. The van der Waals surface area contributed by atoms with E-state index in [1.807, 2.05) is 35.9 Å². The minimum absolute atomic E-state index is 0.248. The third kappa shape index (κ3) is 3.26. The number of aryl methyl sites for hydroxylation is 1. The van der Waals surface area contributed by atoms with Crippen LogP contribution < -0.4 is 0 Å². The Morgan fingerprint density at radius 3 is 2.65 bits per heavy atom. The fourth-order valence-electron chi connectivity index (χ4n) is 3.14. The first-order valence-electron chi connectivity index (χ1n) is 7.72. The van der Waals surface area contributed by atoms with Crippen LogP contribution in [0.4, 0.5) is 0 Å². The van der Waals surface area contributed by atoms with Gasteiger partial charge in [0.2, 0.25) is 0 Å². The van der Waals surface area contributed by atoms with E-state index in [0.717, 1.165) is 36.6 Å². The van der Waals surface area contributed by atoms with Gasteiger partial charge < -0.3 is 5.11 Å². The molecule has 0 saturated carbocycles. The predicted molar refractivity (Wildman–Crippen MR) is 89.1 cm³/mol. The molecule has 1 atom stereocenters. The summed E-state index contributed by atoms with van der Waals surface area (Å²) < 4.78 is 1.92. The first kappa shape index (κ1) is 16.0. The van der Waals surface area contributed by atoms with Crippen molar-refractivity contribution >= 4 is 17.6 Å². The zero-order valence-electron chi connectivity index (χ0n) is 13.3. The monoisotopic (exact) mass is 333 g/mol. The minimum atomic E-state index is -0.696. The molecule has 0 aliphatic carbocycles. The largest absolute Gasteiger partial charge is 0.481 e. The summed E-state index contributed by atoms with van der Waals surface area (Å²) in [6, 6.07) is 7.60. The van der Waals surface area contributed by atoms with Crippen LogP contribution in [0.15, 0.2) is 24.3 Å². The van der Waals surface area contributed by atoms with E-state index in [-0.39, 0.29) is 5.92 Å². The molecule has 0 radical (unpaired) electrons. The average Bonchev–Trinajstić information content (AvgIpc) is 3.09. The molecule has 2 heterocycles.